The maximum absolute atomic E-state index is 14.0. The van der Waals surface area contributed by atoms with E-state index in [9.17, 15) is 26.4 Å². The molecule has 1 atom stereocenters. The van der Waals surface area contributed by atoms with Gasteiger partial charge >= 0.3 is 0 Å². The number of amides is 1. The molecule has 0 aromatic heterocycles. The Hall–Kier alpha value is -2.39. The van der Waals surface area contributed by atoms with Gasteiger partial charge in [0.25, 0.3) is 0 Å². The number of benzene rings is 2. The number of rotatable bonds is 6. The van der Waals surface area contributed by atoms with Crippen molar-refractivity contribution >= 4 is 15.9 Å². The summed E-state index contributed by atoms with van der Waals surface area (Å²) in [6.07, 6.45) is 1.15. The first-order chi connectivity index (χ1) is 15.4. The number of nitrogens with zero attached hydrogens (tertiary/aromatic N) is 1. The predicted octanol–water partition coefficient (Wildman–Crippen LogP) is 4.80. The summed E-state index contributed by atoms with van der Waals surface area (Å²) < 4.78 is 67.5. The number of hydrogen-bond acceptors (Lipinski definition) is 3. The van der Waals surface area contributed by atoms with Gasteiger partial charge in [0.05, 0.1) is 6.04 Å². The van der Waals surface area contributed by atoms with Crippen LogP contribution in [0.15, 0.2) is 47.4 Å². The van der Waals surface area contributed by atoms with Crippen molar-refractivity contribution in [2.45, 2.75) is 51.0 Å². The molecule has 0 radical (unpaired) electrons. The van der Waals surface area contributed by atoms with E-state index in [2.05, 4.69) is 5.32 Å². The van der Waals surface area contributed by atoms with Gasteiger partial charge in [-0.05, 0) is 60.6 Å². The summed E-state index contributed by atoms with van der Waals surface area (Å²) in [5.41, 5.74) is 0.694. The number of sulfonamides is 1. The lowest BCUT2D eigenvalue weighted by atomic mass is 9.85. The van der Waals surface area contributed by atoms with Crippen LogP contribution in [0.25, 0.3) is 0 Å². The number of carbonyl (C=O) groups is 1. The van der Waals surface area contributed by atoms with Crippen LogP contribution in [0, 0.1) is 28.8 Å². The molecule has 2 aromatic rings. The van der Waals surface area contributed by atoms with E-state index in [1.54, 1.807) is 12.1 Å². The van der Waals surface area contributed by atoms with Gasteiger partial charge in [0.15, 0.2) is 0 Å². The molecule has 3 rings (SSSR count). The van der Waals surface area contributed by atoms with Crippen molar-refractivity contribution in [2.24, 2.45) is 11.3 Å². The van der Waals surface area contributed by atoms with Crippen molar-refractivity contribution in [1.82, 2.24) is 9.62 Å². The highest BCUT2D eigenvalue weighted by Crippen LogP contribution is 2.31. The molecule has 1 N–H and O–H groups in total. The normalized spacial score (nSPS) is 17.0. The minimum Gasteiger partial charge on any atom is -0.349 e. The zero-order chi connectivity index (χ0) is 24.4. The molecule has 1 aliphatic heterocycles. The molecule has 1 aliphatic rings. The highest BCUT2D eigenvalue weighted by Gasteiger charge is 2.34. The summed E-state index contributed by atoms with van der Waals surface area (Å²) in [6, 6.07) is 8.00. The summed E-state index contributed by atoms with van der Waals surface area (Å²) in [4.78, 5) is 12.3. The average molecular weight is 483 g/mol. The Morgan fingerprint density at radius 2 is 1.61 bits per heavy atom. The maximum atomic E-state index is 14.0. The summed E-state index contributed by atoms with van der Waals surface area (Å²) in [5.74, 6) is -2.84. The van der Waals surface area contributed by atoms with Crippen molar-refractivity contribution in [3.8, 4) is 0 Å². The molecule has 9 heteroatoms. The molecule has 1 saturated heterocycles. The second-order valence-corrected chi connectivity index (χ2v) is 11.5. The minimum absolute atomic E-state index is 0.0247. The maximum Gasteiger partial charge on any atom is 0.246 e. The van der Waals surface area contributed by atoms with Gasteiger partial charge < -0.3 is 5.32 Å². The van der Waals surface area contributed by atoms with E-state index < -0.39 is 32.5 Å². The van der Waals surface area contributed by atoms with E-state index in [0.29, 0.717) is 12.5 Å². The average Bonchev–Trinajstić information content (AvgIpc) is 2.74. The van der Waals surface area contributed by atoms with Crippen molar-refractivity contribution in [3.63, 3.8) is 0 Å². The number of piperidine rings is 1. The van der Waals surface area contributed by atoms with Gasteiger partial charge in [0, 0.05) is 19.0 Å². The van der Waals surface area contributed by atoms with Crippen LogP contribution in [-0.4, -0.2) is 31.7 Å². The highest BCUT2D eigenvalue weighted by molar-refractivity contribution is 7.89. The first kappa shape index (κ1) is 25.2. The van der Waals surface area contributed by atoms with Gasteiger partial charge in [-0.1, -0.05) is 32.9 Å². The fourth-order valence-electron chi connectivity index (χ4n) is 4.02. The molecule has 2 aromatic carbocycles. The Morgan fingerprint density at radius 3 is 2.18 bits per heavy atom. The van der Waals surface area contributed by atoms with E-state index >= 15 is 0 Å². The summed E-state index contributed by atoms with van der Waals surface area (Å²) in [6.45, 7) is 6.19. The van der Waals surface area contributed by atoms with Crippen molar-refractivity contribution in [2.75, 3.05) is 13.1 Å². The molecule has 1 unspecified atom stereocenters. The fraction of sp³-hybridized carbons (Fsp3) is 0.458. The van der Waals surface area contributed by atoms with E-state index in [1.165, 1.54) is 12.1 Å². The standard InChI is InChI=1S/C24H29F3N2O3S/c1-24(2,3)15-21(16-4-6-18(25)7-5-16)28-23(30)17-10-12-29(13-11-17)33(31,32)22-14-19(26)8-9-20(22)27/h4-9,14,17,21H,10-13,15H2,1-3H3,(H,28,30). The van der Waals surface area contributed by atoms with Gasteiger partial charge in [-0.2, -0.15) is 4.31 Å². The van der Waals surface area contributed by atoms with E-state index in [0.717, 1.165) is 22.0 Å². The van der Waals surface area contributed by atoms with Crippen LogP contribution in [0.2, 0.25) is 0 Å². The summed E-state index contributed by atoms with van der Waals surface area (Å²) in [7, 11) is -4.21. The Morgan fingerprint density at radius 1 is 1.03 bits per heavy atom. The van der Waals surface area contributed by atoms with Crippen molar-refractivity contribution in [3.05, 3.63) is 65.5 Å². The number of halogens is 3. The van der Waals surface area contributed by atoms with Gasteiger partial charge in [0.1, 0.15) is 22.3 Å². The van der Waals surface area contributed by atoms with Gasteiger partial charge in [-0.25, -0.2) is 21.6 Å². The fourth-order valence-corrected chi connectivity index (χ4v) is 5.57. The molecule has 33 heavy (non-hydrogen) atoms. The van der Waals surface area contributed by atoms with Crippen LogP contribution in [0.1, 0.15) is 51.6 Å². The molecule has 180 valence electrons. The SMILES string of the molecule is CC(C)(C)CC(NC(=O)C1CCN(S(=O)(=O)c2cc(F)ccc2F)CC1)c1ccc(F)cc1. The third-order valence-electron chi connectivity index (χ3n) is 5.74. The molecule has 0 spiro atoms. The number of nitrogens with one attached hydrogen (secondary N) is 1. The summed E-state index contributed by atoms with van der Waals surface area (Å²) in [5, 5.41) is 3.04. The third kappa shape index (κ3) is 6.35. The molecule has 0 aliphatic carbocycles. The zero-order valence-electron chi connectivity index (χ0n) is 18.9. The Labute approximate surface area is 193 Å². The van der Waals surface area contributed by atoms with Crippen LogP contribution in [0.4, 0.5) is 13.2 Å². The molecule has 1 amide bonds. The van der Waals surface area contributed by atoms with Crippen molar-refractivity contribution < 1.29 is 26.4 Å². The minimum atomic E-state index is -4.21. The van der Waals surface area contributed by atoms with Gasteiger partial charge in [-0.3, -0.25) is 4.79 Å². The van der Waals surface area contributed by atoms with E-state index in [-0.39, 0.29) is 49.1 Å². The van der Waals surface area contributed by atoms with E-state index in [1.807, 2.05) is 20.8 Å². The quantitative estimate of drug-likeness (QED) is 0.643. The van der Waals surface area contributed by atoms with Crippen LogP contribution >= 0.6 is 0 Å². The zero-order valence-corrected chi connectivity index (χ0v) is 19.8. The van der Waals surface area contributed by atoms with Crippen molar-refractivity contribution in [1.29, 1.82) is 0 Å². The number of hydrogen-bond donors (Lipinski definition) is 1. The van der Waals surface area contributed by atoms with Gasteiger partial charge in [-0.15, -0.1) is 0 Å². The van der Waals surface area contributed by atoms with Crippen LogP contribution in [-0.2, 0) is 14.8 Å². The Balaban J connectivity index is 1.68. The smallest absolute Gasteiger partial charge is 0.246 e. The molecular formula is C24H29F3N2O3S. The largest absolute Gasteiger partial charge is 0.349 e. The van der Waals surface area contributed by atoms with Crippen LogP contribution in [0.3, 0.4) is 0 Å². The monoisotopic (exact) mass is 482 g/mol. The Bertz CT molecular complexity index is 1090. The van der Waals surface area contributed by atoms with Gasteiger partial charge in [0.2, 0.25) is 15.9 Å². The summed E-state index contributed by atoms with van der Waals surface area (Å²) >= 11 is 0. The first-order valence-corrected chi connectivity index (χ1v) is 12.3. The molecular weight excluding hydrogens is 453 g/mol. The second-order valence-electron chi connectivity index (χ2n) is 9.63. The molecule has 5 nitrogen and oxygen atoms in total. The second kappa shape index (κ2) is 9.85. The van der Waals surface area contributed by atoms with Crippen LogP contribution in [0.5, 0.6) is 0 Å². The van der Waals surface area contributed by atoms with Crippen LogP contribution < -0.4 is 5.32 Å². The third-order valence-corrected chi connectivity index (χ3v) is 7.65. The lowest BCUT2D eigenvalue weighted by molar-refractivity contribution is -0.127. The lowest BCUT2D eigenvalue weighted by Gasteiger charge is -2.33. The van der Waals surface area contributed by atoms with E-state index in [4.69, 9.17) is 0 Å². The first-order valence-electron chi connectivity index (χ1n) is 10.9. The lowest BCUT2D eigenvalue weighted by Crippen LogP contribution is -2.44. The number of carbonyl (C=O) groups excluding carboxylic acids is 1. The topological polar surface area (TPSA) is 66.5 Å². The molecule has 0 bridgehead atoms. The Kier molecular flexibility index (Phi) is 7.53. The molecule has 0 saturated carbocycles. The predicted molar refractivity (Wildman–Crippen MR) is 119 cm³/mol. The molecule has 1 fully saturated rings. The molecule has 1 heterocycles. The highest BCUT2D eigenvalue weighted by atomic mass is 32.2.